The van der Waals surface area contributed by atoms with E-state index < -0.39 is 6.10 Å². The summed E-state index contributed by atoms with van der Waals surface area (Å²) in [5.41, 5.74) is 1.00. The number of rotatable bonds is 1. The van der Waals surface area contributed by atoms with Gasteiger partial charge in [-0.1, -0.05) is 0 Å². The first kappa shape index (κ1) is 6.36. The number of hydrogen-bond donors (Lipinski definition) is 1. The molecule has 0 aliphatic carbocycles. The summed E-state index contributed by atoms with van der Waals surface area (Å²) < 4.78 is 4.98. The van der Waals surface area contributed by atoms with Crippen LogP contribution in [-0.2, 0) is 0 Å². The van der Waals surface area contributed by atoms with Gasteiger partial charge in [-0.25, -0.2) is 0 Å². The third-order valence-corrected chi connectivity index (χ3v) is 1.28. The van der Waals surface area contributed by atoms with Gasteiger partial charge in [-0.2, -0.15) is 0 Å². The van der Waals surface area contributed by atoms with Gasteiger partial charge >= 0.3 is 0 Å². The van der Waals surface area contributed by atoms with Gasteiger partial charge in [-0.05, 0) is 25.5 Å². The molecule has 1 atom stereocenters. The van der Waals surface area contributed by atoms with E-state index in [-0.39, 0.29) is 0 Å². The Morgan fingerprint density at radius 3 is 2.56 bits per heavy atom. The van der Waals surface area contributed by atoms with E-state index in [1.54, 1.807) is 13.2 Å². The first-order valence-corrected chi connectivity index (χ1v) is 2.94. The Hall–Kier alpha value is -0.760. The predicted molar refractivity (Wildman–Crippen MR) is 34.1 cm³/mol. The van der Waals surface area contributed by atoms with Crippen molar-refractivity contribution in [1.82, 2.24) is 0 Å². The molecule has 0 fully saturated rings. The summed E-state index contributed by atoms with van der Waals surface area (Å²) in [4.78, 5) is 0. The van der Waals surface area contributed by atoms with E-state index in [0.29, 0.717) is 5.76 Å². The molecule has 2 nitrogen and oxygen atoms in total. The average Bonchev–Trinajstić information content (AvgIpc) is 2.13. The van der Waals surface area contributed by atoms with Crippen molar-refractivity contribution in [3.05, 3.63) is 23.7 Å². The Bertz CT molecular complexity index is 189. The number of aliphatic hydroxyl groups excluding tert-OH is 1. The summed E-state index contributed by atoms with van der Waals surface area (Å²) in [6.45, 7) is 3.59. The van der Waals surface area contributed by atoms with Gasteiger partial charge in [0.05, 0.1) is 6.26 Å². The topological polar surface area (TPSA) is 33.4 Å². The smallest absolute Gasteiger partial charge is 0.134 e. The van der Waals surface area contributed by atoms with Crippen molar-refractivity contribution in [1.29, 1.82) is 0 Å². The zero-order valence-electron chi connectivity index (χ0n) is 5.59. The summed E-state index contributed by atoms with van der Waals surface area (Å²) in [6, 6.07) is 1.84. The van der Waals surface area contributed by atoms with Crippen LogP contribution in [0, 0.1) is 6.92 Å². The number of aliphatic hydroxyl groups is 1. The molecular weight excluding hydrogens is 116 g/mol. The van der Waals surface area contributed by atoms with Crippen LogP contribution in [0.2, 0.25) is 0 Å². The molecule has 0 bridgehead atoms. The normalized spacial score (nSPS) is 13.7. The molecule has 1 aromatic heterocycles. The third-order valence-electron chi connectivity index (χ3n) is 1.28. The van der Waals surface area contributed by atoms with Gasteiger partial charge in [-0.3, -0.25) is 0 Å². The summed E-state index contributed by atoms with van der Waals surface area (Å²) >= 11 is 0. The zero-order chi connectivity index (χ0) is 6.85. The maximum atomic E-state index is 9.00. The van der Waals surface area contributed by atoms with Crippen molar-refractivity contribution in [2.45, 2.75) is 20.0 Å². The van der Waals surface area contributed by atoms with Crippen LogP contribution < -0.4 is 0 Å². The fourth-order valence-electron chi connectivity index (χ4n) is 0.812. The molecule has 0 radical (unpaired) electrons. The van der Waals surface area contributed by atoms with Crippen molar-refractivity contribution >= 4 is 0 Å². The highest BCUT2D eigenvalue weighted by Gasteiger charge is 2.06. The molecular formula is C7H10O2. The third kappa shape index (κ3) is 1.13. The average molecular weight is 126 g/mol. The maximum absolute atomic E-state index is 9.00. The molecule has 0 amide bonds. The monoisotopic (exact) mass is 126 g/mol. The van der Waals surface area contributed by atoms with Crippen LogP contribution in [0.25, 0.3) is 0 Å². The van der Waals surface area contributed by atoms with Gasteiger partial charge in [0.2, 0.25) is 0 Å². The molecule has 1 N–H and O–H groups in total. The van der Waals surface area contributed by atoms with Gasteiger partial charge < -0.3 is 9.52 Å². The van der Waals surface area contributed by atoms with Crippen molar-refractivity contribution in [3.63, 3.8) is 0 Å². The summed E-state index contributed by atoms with van der Waals surface area (Å²) in [6.07, 6.45) is 1.09. The minimum atomic E-state index is -0.486. The summed E-state index contributed by atoms with van der Waals surface area (Å²) in [7, 11) is 0. The van der Waals surface area contributed by atoms with Crippen LogP contribution in [0.3, 0.4) is 0 Å². The van der Waals surface area contributed by atoms with Crippen molar-refractivity contribution < 1.29 is 9.52 Å². The van der Waals surface area contributed by atoms with Gasteiger partial charge in [0.1, 0.15) is 11.9 Å². The van der Waals surface area contributed by atoms with E-state index in [0.717, 1.165) is 5.56 Å². The zero-order valence-corrected chi connectivity index (χ0v) is 5.59. The lowest BCUT2D eigenvalue weighted by atomic mass is 10.2. The molecule has 50 valence electrons. The molecule has 2 heteroatoms. The largest absolute Gasteiger partial charge is 0.466 e. The van der Waals surface area contributed by atoms with Crippen molar-refractivity contribution in [2.75, 3.05) is 0 Å². The fraction of sp³-hybridized carbons (Fsp3) is 0.429. The Labute approximate surface area is 54.1 Å². The molecule has 0 spiro atoms. The molecule has 0 saturated carbocycles. The molecule has 1 heterocycles. The summed E-state index contributed by atoms with van der Waals surface area (Å²) in [5, 5.41) is 9.00. The van der Waals surface area contributed by atoms with Crippen molar-refractivity contribution in [2.24, 2.45) is 0 Å². The number of furan rings is 1. The van der Waals surface area contributed by atoms with Crippen LogP contribution in [0.15, 0.2) is 16.7 Å². The van der Waals surface area contributed by atoms with Crippen molar-refractivity contribution in [3.8, 4) is 0 Å². The van der Waals surface area contributed by atoms with Gasteiger partial charge in [0, 0.05) is 0 Å². The van der Waals surface area contributed by atoms with E-state index in [1.165, 1.54) is 0 Å². The number of hydrogen-bond acceptors (Lipinski definition) is 2. The highest BCUT2D eigenvalue weighted by atomic mass is 16.4. The molecule has 1 aromatic rings. The van der Waals surface area contributed by atoms with Crippen LogP contribution in [-0.4, -0.2) is 5.11 Å². The lowest BCUT2D eigenvalue weighted by Crippen LogP contribution is -1.89. The first-order chi connectivity index (χ1) is 4.22. The lowest BCUT2D eigenvalue weighted by Gasteiger charge is -1.98. The highest BCUT2D eigenvalue weighted by molar-refractivity contribution is 5.15. The van der Waals surface area contributed by atoms with E-state index in [9.17, 15) is 0 Å². The SMILES string of the molecule is Cc1ccoc1[C@H](C)O. The Morgan fingerprint density at radius 2 is 2.33 bits per heavy atom. The second-order valence-corrected chi connectivity index (χ2v) is 2.14. The number of aryl methyl sites for hydroxylation is 1. The Kier molecular flexibility index (Phi) is 1.58. The minimum Gasteiger partial charge on any atom is -0.466 e. The lowest BCUT2D eigenvalue weighted by molar-refractivity contribution is 0.168. The van der Waals surface area contributed by atoms with E-state index in [4.69, 9.17) is 9.52 Å². The quantitative estimate of drug-likeness (QED) is 0.620. The minimum absolute atomic E-state index is 0.486. The highest BCUT2D eigenvalue weighted by Crippen LogP contribution is 2.16. The molecule has 0 aliphatic rings. The molecule has 0 aromatic carbocycles. The Morgan fingerprint density at radius 1 is 1.67 bits per heavy atom. The molecule has 9 heavy (non-hydrogen) atoms. The van der Waals surface area contributed by atoms with Crippen LogP contribution in [0.4, 0.5) is 0 Å². The van der Waals surface area contributed by atoms with Gasteiger partial charge in [0.25, 0.3) is 0 Å². The Balaban J connectivity index is 2.94. The van der Waals surface area contributed by atoms with Crippen LogP contribution in [0.1, 0.15) is 24.4 Å². The van der Waals surface area contributed by atoms with Crippen LogP contribution in [0.5, 0.6) is 0 Å². The first-order valence-electron chi connectivity index (χ1n) is 2.94. The molecule has 0 saturated heterocycles. The predicted octanol–water partition coefficient (Wildman–Crippen LogP) is 1.64. The second-order valence-electron chi connectivity index (χ2n) is 2.14. The summed E-state index contributed by atoms with van der Waals surface area (Å²) in [5.74, 6) is 0.662. The van der Waals surface area contributed by atoms with Gasteiger partial charge in [-0.15, -0.1) is 0 Å². The molecule has 0 aliphatic heterocycles. The standard InChI is InChI=1S/C7H10O2/c1-5-3-4-9-7(5)6(2)8/h3-4,6,8H,1-2H3/t6-/m0/s1. The fourth-order valence-corrected chi connectivity index (χ4v) is 0.812. The van der Waals surface area contributed by atoms with E-state index >= 15 is 0 Å². The van der Waals surface area contributed by atoms with E-state index in [2.05, 4.69) is 0 Å². The molecule has 0 unspecified atom stereocenters. The van der Waals surface area contributed by atoms with Gasteiger partial charge in [0.15, 0.2) is 0 Å². The molecule has 1 rings (SSSR count). The maximum Gasteiger partial charge on any atom is 0.134 e. The van der Waals surface area contributed by atoms with E-state index in [1.807, 2.05) is 13.0 Å². The second kappa shape index (κ2) is 2.23. The van der Waals surface area contributed by atoms with Crippen LogP contribution >= 0.6 is 0 Å².